The van der Waals surface area contributed by atoms with E-state index in [0.29, 0.717) is 5.92 Å². The van der Waals surface area contributed by atoms with Gasteiger partial charge in [0, 0.05) is 11.3 Å². The number of halogens is 1. The summed E-state index contributed by atoms with van der Waals surface area (Å²) in [5, 5.41) is 2.34. The maximum atomic E-state index is 5.11. The van der Waals surface area contributed by atoms with Crippen LogP contribution in [0.3, 0.4) is 0 Å². The first-order chi connectivity index (χ1) is 3.31. The van der Waals surface area contributed by atoms with Crippen LogP contribution in [0, 0.1) is 17.2 Å². The predicted molar refractivity (Wildman–Crippen MR) is 33.1 cm³/mol. The summed E-state index contributed by atoms with van der Waals surface area (Å²) in [6, 6.07) is 0. The van der Waals surface area contributed by atoms with Gasteiger partial charge in [-0.15, -0.1) is 0 Å². The fourth-order valence-corrected chi connectivity index (χ4v) is 0.381. The maximum Gasteiger partial charge on any atom is 0.0184 e. The van der Waals surface area contributed by atoms with E-state index in [0.717, 1.165) is 6.42 Å². The van der Waals surface area contributed by atoms with Crippen molar-refractivity contribution in [3.05, 3.63) is 0 Å². The van der Waals surface area contributed by atoms with E-state index in [1.54, 1.807) is 0 Å². The predicted octanol–water partition coefficient (Wildman–Crippen LogP) is 2.23. The molecule has 1 atom stereocenters. The van der Waals surface area contributed by atoms with Gasteiger partial charge in [0.05, 0.1) is 0 Å². The molecule has 0 amide bonds. The Labute approximate surface area is 49.9 Å². The zero-order chi connectivity index (χ0) is 5.70. The molecule has 0 aromatic carbocycles. The van der Waals surface area contributed by atoms with Crippen LogP contribution in [0.15, 0.2) is 0 Å². The van der Waals surface area contributed by atoms with Crippen LogP contribution in [0.4, 0.5) is 0 Å². The first-order valence-corrected chi connectivity index (χ1v) is 2.80. The number of hydrogen-bond acceptors (Lipinski definition) is 0. The van der Waals surface area contributed by atoms with Gasteiger partial charge in [-0.25, -0.2) is 0 Å². The molecule has 0 fully saturated rings. The molecule has 0 aromatic heterocycles. The molecule has 0 saturated carbocycles. The fraction of sp³-hybridized carbons (Fsp3) is 0.667. The molecule has 0 bridgehead atoms. The molecule has 0 aliphatic heterocycles. The van der Waals surface area contributed by atoms with Gasteiger partial charge in [0.1, 0.15) is 0 Å². The van der Waals surface area contributed by atoms with Gasteiger partial charge in [-0.3, -0.25) is 0 Å². The van der Waals surface area contributed by atoms with Crippen molar-refractivity contribution in [2.24, 2.45) is 5.92 Å². The van der Waals surface area contributed by atoms with Crippen LogP contribution in [-0.2, 0) is 0 Å². The van der Waals surface area contributed by atoms with E-state index in [-0.39, 0.29) is 0 Å². The maximum absolute atomic E-state index is 5.11. The highest BCUT2D eigenvalue weighted by atomic mass is 35.5. The molecule has 40 valence electrons. The minimum absolute atomic E-state index is 0.456. The molecule has 0 nitrogen and oxygen atoms in total. The summed E-state index contributed by atoms with van der Waals surface area (Å²) < 4.78 is 0. The fourth-order valence-electron chi connectivity index (χ4n) is 0.195. The second kappa shape index (κ2) is 4.02. The molecular formula is C6H9Cl. The lowest BCUT2D eigenvalue weighted by Gasteiger charge is -1.91. The Balaban J connectivity index is 3.29. The quantitative estimate of drug-likeness (QED) is 0.461. The van der Waals surface area contributed by atoms with Gasteiger partial charge < -0.3 is 0 Å². The molecule has 0 spiro atoms. The topological polar surface area (TPSA) is 0 Å². The van der Waals surface area contributed by atoms with E-state index in [1.165, 1.54) is 0 Å². The van der Waals surface area contributed by atoms with E-state index in [1.807, 2.05) is 0 Å². The molecule has 0 N–H and O–H groups in total. The van der Waals surface area contributed by atoms with E-state index in [4.69, 9.17) is 11.6 Å². The highest BCUT2D eigenvalue weighted by Gasteiger charge is 1.86. The highest BCUT2D eigenvalue weighted by molar-refractivity contribution is 6.30. The zero-order valence-corrected chi connectivity index (χ0v) is 5.42. The van der Waals surface area contributed by atoms with Crippen LogP contribution in [0.25, 0.3) is 0 Å². The van der Waals surface area contributed by atoms with Crippen LogP contribution in [0.5, 0.6) is 0 Å². The average molecular weight is 117 g/mol. The standard InChI is InChI=1S/C6H9Cl/c1-3-6(2)4-5-7/h6H,3H2,1-2H3. The van der Waals surface area contributed by atoms with Crippen LogP contribution in [0.1, 0.15) is 20.3 Å². The van der Waals surface area contributed by atoms with Crippen molar-refractivity contribution in [2.75, 3.05) is 0 Å². The molecular weight excluding hydrogens is 108 g/mol. The lowest BCUT2D eigenvalue weighted by molar-refractivity contribution is 0.724. The molecule has 0 heterocycles. The molecule has 1 unspecified atom stereocenters. The summed E-state index contributed by atoms with van der Waals surface area (Å²) in [6.45, 7) is 4.14. The third-order valence-electron chi connectivity index (χ3n) is 0.913. The largest absolute Gasteiger partial charge is 0.0828 e. The van der Waals surface area contributed by atoms with Gasteiger partial charge in [0.25, 0.3) is 0 Å². The molecule has 0 aromatic rings. The number of rotatable bonds is 1. The Morgan fingerprint density at radius 2 is 2.29 bits per heavy atom. The summed E-state index contributed by atoms with van der Waals surface area (Å²) in [7, 11) is 0. The van der Waals surface area contributed by atoms with E-state index in [9.17, 15) is 0 Å². The van der Waals surface area contributed by atoms with Crippen molar-refractivity contribution in [1.29, 1.82) is 0 Å². The Morgan fingerprint density at radius 1 is 1.71 bits per heavy atom. The molecule has 7 heavy (non-hydrogen) atoms. The first-order valence-electron chi connectivity index (χ1n) is 2.42. The van der Waals surface area contributed by atoms with E-state index in [2.05, 4.69) is 25.1 Å². The Hall–Kier alpha value is -0.150. The molecule has 0 aliphatic rings. The monoisotopic (exact) mass is 116 g/mol. The van der Waals surface area contributed by atoms with Gasteiger partial charge in [0.15, 0.2) is 0 Å². The van der Waals surface area contributed by atoms with Crippen molar-refractivity contribution in [1.82, 2.24) is 0 Å². The molecule has 0 radical (unpaired) electrons. The number of hydrogen-bond donors (Lipinski definition) is 0. The Morgan fingerprint density at radius 3 is 2.43 bits per heavy atom. The van der Waals surface area contributed by atoms with E-state index < -0.39 is 0 Å². The van der Waals surface area contributed by atoms with Gasteiger partial charge in [-0.2, -0.15) is 0 Å². The highest BCUT2D eigenvalue weighted by Crippen LogP contribution is 1.95. The molecule has 0 saturated heterocycles. The minimum Gasteiger partial charge on any atom is -0.0828 e. The molecule has 0 aliphatic carbocycles. The van der Waals surface area contributed by atoms with Crippen LogP contribution in [0.2, 0.25) is 0 Å². The van der Waals surface area contributed by atoms with E-state index >= 15 is 0 Å². The van der Waals surface area contributed by atoms with Crippen molar-refractivity contribution in [3.8, 4) is 11.3 Å². The van der Waals surface area contributed by atoms with Crippen LogP contribution >= 0.6 is 11.6 Å². The Bertz CT molecular complexity index is 86.1. The lowest BCUT2D eigenvalue weighted by atomic mass is 10.1. The summed E-state index contributed by atoms with van der Waals surface area (Å²) in [4.78, 5) is 0. The van der Waals surface area contributed by atoms with Crippen molar-refractivity contribution in [2.45, 2.75) is 20.3 Å². The van der Waals surface area contributed by atoms with Gasteiger partial charge in [-0.05, 0) is 18.0 Å². The molecule has 1 heteroatoms. The van der Waals surface area contributed by atoms with Crippen LogP contribution in [-0.4, -0.2) is 0 Å². The van der Waals surface area contributed by atoms with Gasteiger partial charge >= 0.3 is 0 Å². The Kier molecular flexibility index (Phi) is 3.93. The van der Waals surface area contributed by atoms with Crippen molar-refractivity contribution < 1.29 is 0 Å². The summed E-state index contributed by atoms with van der Waals surface area (Å²) in [5.74, 6) is 3.27. The van der Waals surface area contributed by atoms with Crippen molar-refractivity contribution >= 4 is 11.6 Å². The average Bonchev–Trinajstić information content (AvgIpc) is 1.68. The third-order valence-corrected chi connectivity index (χ3v) is 1.02. The lowest BCUT2D eigenvalue weighted by Crippen LogP contribution is -1.82. The SMILES string of the molecule is CCC(C)C#CCl. The second-order valence-corrected chi connectivity index (χ2v) is 1.74. The van der Waals surface area contributed by atoms with Gasteiger partial charge in [0.2, 0.25) is 0 Å². The van der Waals surface area contributed by atoms with Gasteiger partial charge in [-0.1, -0.05) is 19.8 Å². The van der Waals surface area contributed by atoms with Crippen molar-refractivity contribution in [3.63, 3.8) is 0 Å². The minimum atomic E-state index is 0.456. The molecule has 0 rings (SSSR count). The third kappa shape index (κ3) is 3.69. The summed E-state index contributed by atoms with van der Waals surface area (Å²) >= 11 is 5.11. The smallest absolute Gasteiger partial charge is 0.0184 e. The first kappa shape index (κ1) is 6.85. The second-order valence-electron chi connectivity index (χ2n) is 1.55. The van der Waals surface area contributed by atoms with Crippen LogP contribution < -0.4 is 0 Å². The zero-order valence-electron chi connectivity index (χ0n) is 4.66. The summed E-state index contributed by atoms with van der Waals surface area (Å²) in [6.07, 6.45) is 1.08. The normalized spacial score (nSPS) is 11.9. The summed E-state index contributed by atoms with van der Waals surface area (Å²) in [5.41, 5.74) is 0.